The summed E-state index contributed by atoms with van der Waals surface area (Å²) in [5.41, 5.74) is 0. The molecule has 0 rings (SSSR count). The van der Waals surface area contributed by atoms with E-state index < -0.39 is 34.5 Å². The Kier molecular flexibility index (Phi) is 7.32. The van der Waals surface area contributed by atoms with Gasteiger partial charge in [0.05, 0.1) is 11.8 Å². The van der Waals surface area contributed by atoms with Crippen LogP contribution in [0, 0.1) is 0 Å². The van der Waals surface area contributed by atoms with Crippen molar-refractivity contribution < 1.29 is 23.1 Å². The number of carboxylic acids is 1. The van der Waals surface area contributed by atoms with Gasteiger partial charge in [0.25, 0.3) is 0 Å². The lowest BCUT2D eigenvalue weighted by Gasteiger charge is -2.23. The molecule has 1 amide bonds. The molecule has 7 nitrogen and oxygen atoms in total. The van der Waals surface area contributed by atoms with Crippen LogP contribution >= 0.6 is 0 Å². The van der Waals surface area contributed by atoms with Crippen molar-refractivity contribution in [2.45, 2.75) is 26.3 Å². The number of aliphatic carboxylic acids is 1. The molecule has 110 valence electrons. The summed E-state index contributed by atoms with van der Waals surface area (Å²) in [6, 6.07) is -1.00. The smallest absolute Gasteiger partial charge is 0.323 e. The maximum absolute atomic E-state index is 11.9. The SMILES string of the molecule is C=CCN(CC(=O)O)C(=O)C(C)NS(=O)(=O)CCC. The number of rotatable bonds is 9. The third kappa shape index (κ3) is 6.92. The Morgan fingerprint density at radius 1 is 1.47 bits per heavy atom. The molecule has 0 fully saturated rings. The molecule has 1 unspecified atom stereocenters. The van der Waals surface area contributed by atoms with Gasteiger partial charge in [-0.15, -0.1) is 6.58 Å². The molecule has 0 spiro atoms. The zero-order valence-corrected chi connectivity index (χ0v) is 11.9. The van der Waals surface area contributed by atoms with Crippen molar-refractivity contribution in [1.82, 2.24) is 9.62 Å². The van der Waals surface area contributed by atoms with E-state index in [-0.39, 0.29) is 12.3 Å². The van der Waals surface area contributed by atoms with E-state index in [9.17, 15) is 18.0 Å². The van der Waals surface area contributed by atoms with Gasteiger partial charge in [0.15, 0.2) is 0 Å². The molecular weight excluding hydrogens is 272 g/mol. The molecule has 0 bridgehead atoms. The highest BCUT2D eigenvalue weighted by atomic mass is 32.2. The Morgan fingerprint density at radius 3 is 2.47 bits per heavy atom. The standard InChI is InChI=1S/C11H20N2O5S/c1-4-6-13(8-10(14)15)11(16)9(3)12-19(17,18)7-5-2/h4,9,12H,1,5-8H2,2-3H3,(H,14,15). The van der Waals surface area contributed by atoms with E-state index in [0.29, 0.717) is 6.42 Å². The van der Waals surface area contributed by atoms with Gasteiger partial charge in [-0.2, -0.15) is 0 Å². The third-order valence-corrected chi connectivity index (χ3v) is 3.85. The van der Waals surface area contributed by atoms with Crippen molar-refractivity contribution in [3.63, 3.8) is 0 Å². The Morgan fingerprint density at radius 2 is 2.05 bits per heavy atom. The van der Waals surface area contributed by atoms with E-state index in [0.717, 1.165) is 4.90 Å². The van der Waals surface area contributed by atoms with Crippen molar-refractivity contribution >= 4 is 21.9 Å². The van der Waals surface area contributed by atoms with Gasteiger partial charge in [-0.05, 0) is 13.3 Å². The fourth-order valence-corrected chi connectivity index (χ4v) is 2.77. The van der Waals surface area contributed by atoms with E-state index in [2.05, 4.69) is 11.3 Å². The molecule has 2 N–H and O–H groups in total. The molecule has 0 aromatic heterocycles. The minimum absolute atomic E-state index is 0.0466. The maximum Gasteiger partial charge on any atom is 0.323 e. The van der Waals surface area contributed by atoms with Crippen molar-refractivity contribution in [2.24, 2.45) is 0 Å². The van der Waals surface area contributed by atoms with Gasteiger partial charge in [-0.25, -0.2) is 13.1 Å². The number of hydrogen-bond acceptors (Lipinski definition) is 4. The topological polar surface area (TPSA) is 104 Å². The number of carboxylic acid groups (broad SMARTS) is 1. The molecule has 19 heavy (non-hydrogen) atoms. The van der Waals surface area contributed by atoms with E-state index in [4.69, 9.17) is 5.11 Å². The van der Waals surface area contributed by atoms with Gasteiger partial charge in [0.1, 0.15) is 6.54 Å². The zero-order valence-electron chi connectivity index (χ0n) is 11.1. The Labute approximate surface area is 113 Å². The predicted molar refractivity (Wildman–Crippen MR) is 71.1 cm³/mol. The second-order valence-corrected chi connectivity index (χ2v) is 5.93. The quantitative estimate of drug-likeness (QED) is 0.573. The van der Waals surface area contributed by atoms with Crippen LogP contribution in [-0.4, -0.2) is 55.2 Å². The average molecular weight is 292 g/mol. The van der Waals surface area contributed by atoms with Gasteiger partial charge in [-0.3, -0.25) is 9.59 Å². The summed E-state index contributed by atoms with van der Waals surface area (Å²) in [6.07, 6.45) is 1.82. The van der Waals surface area contributed by atoms with Crippen molar-refractivity contribution in [3.8, 4) is 0 Å². The Hall–Kier alpha value is -1.41. The van der Waals surface area contributed by atoms with Crippen LogP contribution in [0.2, 0.25) is 0 Å². The van der Waals surface area contributed by atoms with Gasteiger partial charge >= 0.3 is 5.97 Å². The van der Waals surface area contributed by atoms with Gasteiger partial charge in [0, 0.05) is 6.54 Å². The maximum atomic E-state index is 11.9. The predicted octanol–water partition coefficient (Wildman–Crippen LogP) is -0.196. The Bertz CT molecular complexity index is 432. The van der Waals surface area contributed by atoms with Gasteiger partial charge in [-0.1, -0.05) is 13.0 Å². The summed E-state index contributed by atoms with van der Waals surface area (Å²) in [6.45, 7) is 6.07. The molecule has 0 aliphatic rings. The molecule has 0 saturated carbocycles. The van der Waals surface area contributed by atoms with Crippen molar-refractivity contribution in [3.05, 3.63) is 12.7 Å². The van der Waals surface area contributed by atoms with Crippen LogP contribution in [0.15, 0.2) is 12.7 Å². The van der Waals surface area contributed by atoms with E-state index in [1.165, 1.54) is 13.0 Å². The molecule has 1 atom stereocenters. The first-order chi connectivity index (χ1) is 8.73. The van der Waals surface area contributed by atoms with Crippen LogP contribution in [0.5, 0.6) is 0 Å². The first kappa shape index (κ1) is 17.6. The summed E-state index contributed by atoms with van der Waals surface area (Å²) in [5.74, 6) is -1.84. The lowest BCUT2D eigenvalue weighted by Crippen LogP contribution is -2.48. The lowest BCUT2D eigenvalue weighted by molar-refractivity contribution is -0.144. The molecule has 0 aliphatic heterocycles. The number of hydrogen-bond donors (Lipinski definition) is 2. The number of amides is 1. The monoisotopic (exact) mass is 292 g/mol. The normalized spacial score (nSPS) is 12.7. The summed E-state index contributed by atoms with van der Waals surface area (Å²) in [4.78, 5) is 23.6. The first-order valence-corrected chi connectivity index (χ1v) is 7.50. The molecule has 0 heterocycles. The first-order valence-electron chi connectivity index (χ1n) is 5.85. The van der Waals surface area contributed by atoms with E-state index in [1.54, 1.807) is 6.92 Å². The second kappa shape index (κ2) is 7.90. The van der Waals surface area contributed by atoms with Crippen LogP contribution < -0.4 is 4.72 Å². The number of nitrogens with one attached hydrogen (secondary N) is 1. The van der Waals surface area contributed by atoms with Crippen LogP contribution in [0.1, 0.15) is 20.3 Å². The average Bonchev–Trinajstić information content (AvgIpc) is 2.26. The minimum Gasteiger partial charge on any atom is -0.480 e. The highest BCUT2D eigenvalue weighted by Crippen LogP contribution is 1.99. The minimum atomic E-state index is -3.52. The lowest BCUT2D eigenvalue weighted by atomic mass is 10.3. The van der Waals surface area contributed by atoms with Gasteiger partial charge < -0.3 is 10.0 Å². The summed E-state index contributed by atoms with van der Waals surface area (Å²) >= 11 is 0. The molecule has 0 saturated heterocycles. The number of sulfonamides is 1. The zero-order chi connectivity index (χ0) is 15.1. The Balaban J connectivity index is 4.75. The highest BCUT2D eigenvalue weighted by Gasteiger charge is 2.25. The molecule has 0 aromatic carbocycles. The highest BCUT2D eigenvalue weighted by molar-refractivity contribution is 7.89. The number of carbonyl (C=O) groups is 2. The molecule has 0 aliphatic carbocycles. The van der Waals surface area contributed by atoms with E-state index >= 15 is 0 Å². The summed E-state index contributed by atoms with van der Waals surface area (Å²) in [5, 5.41) is 8.69. The molecular formula is C11H20N2O5S. The molecule has 0 radical (unpaired) electrons. The van der Waals surface area contributed by atoms with Crippen molar-refractivity contribution in [1.29, 1.82) is 0 Å². The fourth-order valence-electron chi connectivity index (χ4n) is 1.47. The van der Waals surface area contributed by atoms with Gasteiger partial charge in [0.2, 0.25) is 15.9 Å². The largest absolute Gasteiger partial charge is 0.480 e. The van der Waals surface area contributed by atoms with Crippen LogP contribution in [-0.2, 0) is 19.6 Å². The van der Waals surface area contributed by atoms with Crippen LogP contribution in [0.4, 0.5) is 0 Å². The van der Waals surface area contributed by atoms with Crippen molar-refractivity contribution in [2.75, 3.05) is 18.8 Å². The fraction of sp³-hybridized carbons (Fsp3) is 0.636. The summed E-state index contributed by atoms with van der Waals surface area (Å²) < 4.78 is 25.3. The molecule has 0 aromatic rings. The molecule has 8 heteroatoms. The van der Waals surface area contributed by atoms with Crippen LogP contribution in [0.3, 0.4) is 0 Å². The summed E-state index contributed by atoms with van der Waals surface area (Å²) in [7, 11) is -3.52. The second-order valence-electron chi connectivity index (χ2n) is 4.06. The van der Waals surface area contributed by atoms with Crippen LogP contribution in [0.25, 0.3) is 0 Å². The number of carbonyl (C=O) groups excluding carboxylic acids is 1. The third-order valence-electron chi connectivity index (χ3n) is 2.19. The number of nitrogens with zero attached hydrogens (tertiary/aromatic N) is 1. The van der Waals surface area contributed by atoms with E-state index in [1.807, 2.05) is 0 Å².